The Bertz CT molecular complexity index is 574. The highest BCUT2D eigenvalue weighted by Gasteiger charge is 2.23. The molecule has 1 saturated carbocycles. The van der Waals surface area contributed by atoms with E-state index < -0.39 is 0 Å². The molecule has 6 heteroatoms. The van der Waals surface area contributed by atoms with Crippen molar-refractivity contribution in [1.82, 2.24) is 20.2 Å². The molecule has 1 aliphatic rings. The minimum Gasteiger partial charge on any atom is -0.496 e. The van der Waals surface area contributed by atoms with Crippen molar-refractivity contribution >= 4 is 5.69 Å². The van der Waals surface area contributed by atoms with E-state index in [1.165, 1.54) is 12.8 Å². The Morgan fingerprint density at radius 1 is 1.32 bits per heavy atom. The average molecular weight is 259 g/mol. The second kappa shape index (κ2) is 4.87. The number of tetrazole rings is 1. The van der Waals surface area contributed by atoms with E-state index in [1.54, 1.807) is 13.2 Å². The zero-order valence-electron chi connectivity index (χ0n) is 10.9. The number of nitrogens with two attached hydrogens (primary N) is 1. The van der Waals surface area contributed by atoms with Crippen LogP contribution in [0.3, 0.4) is 0 Å². The lowest BCUT2D eigenvalue weighted by molar-refractivity contribution is 0.414. The van der Waals surface area contributed by atoms with Crippen LogP contribution in [0.25, 0.3) is 11.4 Å². The molecule has 0 atom stereocenters. The van der Waals surface area contributed by atoms with E-state index in [4.69, 9.17) is 10.5 Å². The Morgan fingerprint density at radius 3 is 2.84 bits per heavy atom. The molecular weight excluding hydrogens is 242 g/mol. The van der Waals surface area contributed by atoms with E-state index in [-0.39, 0.29) is 0 Å². The van der Waals surface area contributed by atoms with Crippen LogP contribution >= 0.6 is 0 Å². The SMILES string of the molecule is COc1cc(N)ccc1-c1nnnn1C1CCCC1. The molecule has 1 aromatic carbocycles. The molecule has 0 spiro atoms. The Balaban J connectivity index is 2.04. The molecule has 19 heavy (non-hydrogen) atoms. The van der Waals surface area contributed by atoms with Crippen molar-refractivity contribution < 1.29 is 4.74 Å². The monoisotopic (exact) mass is 259 g/mol. The summed E-state index contributed by atoms with van der Waals surface area (Å²) in [4.78, 5) is 0. The predicted molar refractivity (Wildman–Crippen MR) is 71.7 cm³/mol. The Kier molecular flexibility index (Phi) is 3.06. The third-order valence-corrected chi connectivity index (χ3v) is 3.63. The fraction of sp³-hybridized carbons (Fsp3) is 0.462. The lowest BCUT2D eigenvalue weighted by Crippen LogP contribution is -2.09. The number of methoxy groups -OCH3 is 1. The average Bonchev–Trinajstić information content (AvgIpc) is 3.08. The molecule has 1 aromatic heterocycles. The fourth-order valence-electron chi connectivity index (χ4n) is 2.66. The van der Waals surface area contributed by atoms with Crippen LogP contribution in [0.1, 0.15) is 31.7 Å². The number of anilines is 1. The van der Waals surface area contributed by atoms with Crippen molar-refractivity contribution in [2.45, 2.75) is 31.7 Å². The maximum Gasteiger partial charge on any atom is 0.186 e. The predicted octanol–water partition coefficient (Wildman–Crippen LogP) is 2.05. The standard InChI is InChI=1S/C13H17N5O/c1-19-12-8-9(14)6-7-11(12)13-15-16-17-18(13)10-4-2-3-5-10/h6-8,10H,2-5,14H2,1H3. The number of nitrogen functional groups attached to an aromatic ring is 1. The van der Waals surface area contributed by atoms with Gasteiger partial charge in [0.2, 0.25) is 0 Å². The van der Waals surface area contributed by atoms with Crippen molar-refractivity contribution in [3.05, 3.63) is 18.2 Å². The lowest BCUT2D eigenvalue weighted by Gasteiger charge is -2.13. The van der Waals surface area contributed by atoms with Gasteiger partial charge in [-0.15, -0.1) is 5.10 Å². The summed E-state index contributed by atoms with van der Waals surface area (Å²) in [6.45, 7) is 0. The lowest BCUT2D eigenvalue weighted by atomic mass is 10.1. The first-order chi connectivity index (χ1) is 9.29. The van der Waals surface area contributed by atoms with Gasteiger partial charge in [-0.2, -0.15) is 0 Å². The van der Waals surface area contributed by atoms with Gasteiger partial charge in [-0.25, -0.2) is 4.68 Å². The van der Waals surface area contributed by atoms with Crippen LogP contribution in [-0.2, 0) is 0 Å². The molecule has 0 saturated heterocycles. The number of nitrogens with zero attached hydrogens (tertiary/aromatic N) is 4. The summed E-state index contributed by atoms with van der Waals surface area (Å²) in [6.07, 6.45) is 4.75. The minimum absolute atomic E-state index is 0.396. The molecule has 2 N–H and O–H groups in total. The van der Waals surface area contributed by atoms with Gasteiger partial charge in [0.05, 0.1) is 18.7 Å². The normalized spacial score (nSPS) is 15.8. The first-order valence-electron chi connectivity index (χ1n) is 6.51. The number of ether oxygens (including phenoxy) is 1. The second-order valence-electron chi connectivity index (χ2n) is 4.85. The van der Waals surface area contributed by atoms with E-state index in [0.717, 1.165) is 24.2 Å². The van der Waals surface area contributed by atoms with Gasteiger partial charge in [0.25, 0.3) is 0 Å². The zero-order valence-corrected chi connectivity index (χ0v) is 10.9. The molecule has 0 radical (unpaired) electrons. The summed E-state index contributed by atoms with van der Waals surface area (Å²) in [6, 6.07) is 5.94. The minimum atomic E-state index is 0.396. The molecule has 0 aliphatic heterocycles. The highest BCUT2D eigenvalue weighted by atomic mass is 16.5. The highest BCUT2D eigenvalue weighted by Crippen LogP contribution is 2.35. The smallest absolute Gasteiger partial charge is 0.186 e. The number of rotatable bonds is 3. The third kappa shape index (κ3) is 2.14. The fourth-order valence-corrected chi connectivity index (χ4v) is 2.66. The van der Waals surface area contributed by atoms with Crippen molar-refractivity contribution in [2.24, 2.45) is 0 Å². The quantitative estimate of drug-likeness (QED) is 0.853. The summed E-state index contributed by atoms with van der Waals surface area (Å²) in [5.74, 6) is 1.46. The highest BCUT2D eigenvalue weighted by molar-refractivity contribution is 5.67. The molecule has 0 bridgehead atoms. The van der Waals surface area contributed by atoms with Crippen LogP contribution in [0.5, 0.6) is 5.75 Å². The summed E-state index contributed by atoms with van der Waals surface area (Å²) < 4.78 is 7.30. The molecule has 1 fully saturated rings. The van der Waals surface area contributed by atoms with Crippen LogP contribution in [0.4, 0.5) is 5.69 Å². The van der Waals surface area contributed by atoms with Crippen LogP contribution in [0.15, 0.2) is 18.2 Å². The van der Waals surface area contributed by atoms with E-state index in [0.29, 0.717) is 17.5 Å². The van der Waals surface area contributed by atoms with E-state index in [2.05, 4.69) is 15.5 Å². The van der Waals surface area contributed by atoms with Crippen LogP contribution in [0, 0.1) is 0 Å². The van der Waals surface area contributed by atoms with Crippen molar-refractivity contribution in [2.75, 3.05) is 12.8 Å². The van der Waals surface area contributed by atoms with Crippen molar-refractivity contribution in [3.8, 4) is 17.1 Å². The van der Waals surface area contributed by atoms with Gasteiger partial charge < -0.3 is 10.5 Å². The van der Waals surface area contributed by atoms with Gasteiger partial charge in [0.1, 0.15) is 5.75 Å². The molecule has 2 aromatic rings. The van der Waals surface area contributed by atoms with Gasteiger partial charge in [0.15, 0.2) is 5.82 Å². The topological polar surface area (TPSA) is 78.8 Å². The van der Waals surface area contributed by atoms with Crippen LogP contribution in [0.2, 0.25) is 0 Å². The van der Waals surface area contributed by atoms with Gasteiger partial charge in [-0.3, -0.25) is 0 Å². The molecule has 1 aliphatic carbocycles. The first-order valence-corrected chi connectivity index (χ1v) is 6.51. The Morgan fingerprint density at radius 2 is 2.11 bits per heavy atom. The largest absolute Gasteiger partial charge is 0.496 e. The number of hydrogen-bond donors (Lipinski definition) is 1. The summed E-state index contributed by atoms with van der Waals surface area (Å²) in [7, 11) is 1.63. The maximum atomic E-state index is 5.78. The van der Waals surface area contributed by atoms with Gasteiger partial charge in [0, 0.05) is 11.8 Å². The molecule has 0 amide bonds. The van der Waals surface area contributed by atoms with E-state index in [1.807, 2.05) is 16.8 Å². The molecule has 3 rings (SSSR count). The van der Waals surface area contributed by atoms with Gasteiger partial charge in [-0.1, -0.05) is 12.8 Å². The van der Waals surface area contributed by atoms with Gasteiger partial charge >= 0.3 is 0 Å². The summed E-state index contributed by atoms with van der Waals surface area (Å²) >= 11 is 0. The van der Waals surface area contributed by atoms with Gasteiger partial charge in [-0.05, 0) is 35.4 Å². The second-order valence-corrected chi connectivity index (χ2v) is 4.85. The third-order valence-electron chi connectivity index (χ3n) is 3.63. The number of benzene rings is 1. The first kappa shape index (κ1) is 12.0. The summed E-state index contributed by atoms with van der Waals surface area (Å²) in [5.41, 5.74) is 7.33. The van der Waals surface area contributed by atoms with E-state index in [9.17, 15) is 0 Å². The molecule has 1 heterocycles. The summed E-state index contributed by atoms with van der Waals surface area (Å²) in [5, 5.41) is 12.1. The molecule has 6 nitrogen and oxygen atoms in total. The molecular formula is C13H17N5O. The molecule has 0 unspecified atom stereocenters. The van der Waals surface area contributed by atoms with Crippen molar-refractivity contribution in [3.63, 3.8) is 0 Å². The van der Waals surface area contributed by atoms with Crippen molar-refractivity contribution in [1.29, 1.82) is 0 Å². The Labute approximate surface area is 111 Å². The maximum absolute atomic E-state index is 5.78. The molecule has 100 valence electrons. The van der Waals surface area contributed by atoms with Crippen LogP contribution < -0.4 is 10.5 Å². The van der Waals surface area contributed by atoms with E-state index >= 15 is 0 Å². The zero-order chi connectivity index (χ0) is 13.2. The number of hydrogen-bond acceptors (Lipinski definition) is 5. The Hall–Kier alpha value is -2.11. The van der Waals surface area contributed by atoms with Crippen LogP contribution in [-0.4, -0.2) is 27.3 Å². The number of aromatic nitrogens is 4.